The Morgan fingerprint density at radius 1 is 1.25 bits per heavy atom. The molecule has 0 saturated carbocycles. The van der Waals surface area contributed by atoms with E-state index in [1.54, 1.807) is 23.2 Å². The Hall–Kier alpha value is -2.89. The van der Waals surface area contributed by atoms with Crippen molar-refractivity contribution in [1.82, 2.24) is 15.2 Å². The van der Waals surface area contributed by atoms with Gasteiger partial charge in [-0.3, -0.25) is 9.59 Å². The Bertz CT molecular complexity index is 808. The second-order valence-electron chi connectivity index (χ2n) is 7.41. The van der Waals surface area contributed by atoms with Gasteiger partial charge in [-0.25, -0.2) is 4.98 Å². The molecule has 0 spiro atoms. The van der Waals surface area contributed by atoms with Gasteiger partial charge in [-0.1, -0.05) is 44.2 Å². The molecule has 0 aliphatic carbocycles. The molecule has 6 heteroatoms. The van der Waals surface area contributed by atoms with Crippen molar-refractivity contribution in [3.8, 4) is 5.88 Å². The van der Waals surface area contributed by atoms with Crippen molar-refractivity contribution in [2.24, 2.45) is 5.92 Å². The highest BCUT2D eigenvalue weighted by molar-refractivity contribution is 5.94. The summed E-state index contributed by atoms with van der Waals surface area (Å²) >= 11 is 0. The fraction of sp³-hybridized carbons (Fsp3) is 0.409. The summed E-state index contributed by atoms with van der Waals surface area (Å²) < 4.78 is 5.73. The first-order valence-corrected chi connectivity index (χ1v) is 9.75. The molecule has 1 aromatic heterocycles. The molecule has 1 saturated heterocycles. The summed E-state index contributed by atoms with van der Waals surface area (Å²) in [6, 6.07) is 13.2. The topological polar surface area (TPSA) is 71.5 Å². The van der Waals surface area contributed by atoms with Crippen LogP contribution in [-0.4, -0.2) is 40.8 Å². The maximum atomic E-state index is 12.9. The van der Waals surface area contributed by atoms with Crippen molar-refractivity contribution in [1.29, 1.82) is 0 Å². The molecule has 28 heavy (non-hydrogen) atoms. The summed E-state index contributed by atoms with van der Waals surface area (Å²) in [6.45, 7) is 5.36. The van der Waals surface area contributed by atoms with Crippen LogP contribution in [0.15, 0.2) is 48.7 Å². The van der Waals surface area contributed by atoms with Crippen molar-refractivity contribution >= 4 is 11.8 Å². The average molecular weight is 381 g/mol. The zero-order chi connectivity index (χ0) is 19.9. The quantitative estimate of drug-likeness (QED) is 0.835. The number of pyridine rings is 1. The van der Waals surface area contributed by atoms with E-state index in [1.165, 1.54) is 0 Å². The van der Waals surface area contributed by atoms with Crippen molar-refractivity contribution in [2.45, 2.75) is 39.3 Å². The Morgan fingerprint density at radius 2 is 2.04 bits per heavy atom. The van der Waals surface area contributed by atoms with Crippen molar-refractivity contribution in [3.63, 3.8) is 0 Å². The molecule has 1 unspecified atom stereocenters. The molecule has 1 atom stereocenters. The third-order valence-electron chi connectivity index (χ3n) is 4.79. The predicted octanol–water partition coefficient (Wildman–Crippen LogP) is 3.04. The summed E-state index contributed by atoms with van der Waals surface area (Å²) in [7, 11) is 0. The summed E-state index contributed by atoms with van der Waals surface area (Å²) in [5.74, 6) is 0.335. The molecule has 0 bridgehead atoms. The Morgan fingerprint density at radius 3 is 2.79 bits per heavy atom. The summed E-state index contributed by atoms with van der Waals surface area (Å²) in [5, 5.41) is 3.03. The molecule has 2 aromatic rings. The monoisotopic (exact) mass is 381 g/mol. The second kappa shape index (κ2) is 9.35. The smallest absolute Gasteiger partial charge is 0.254 e. The number of hydrogen-bond acceptors (Lipinski definition) is 4. The zero-order valence-corrected chi connectivity index (χ0v) is 16.4. The first-order valence-electron chi connectivity index (χ1n) is 9.75. The van der Waals surface area contributed by atoms with E-state index >= 15 is 0 Å². The van der Waals surface area contributed by atoms with Crippen LogP contribution >= 0.6 is 0 Å². The largest absolute Gasteiger partial charge is 0.473 e. The number of ether oxygens (including phenoxy) is 1. The molecule has 1 aliphatic rings. The van der Waals surface area contributed by atoms with Gasteiger partial charge >= 0.3 is 0 Å². The lowest BCUT2D eigenvalue weighted by Crippen LogP contribution is -2.50. The number of carbonyl (C=O) groups excluding carboxylic acids is 2. The van der Waals surface area contributed by atoms with Gasteiger partial charge in [0.05, 0.1) is 0 Å². The maximum Gasteiger partial charge on any atom is 0.254 e. The number of benzene rings is 1. The lowest BCUT2D eigenvalue weighted by molar-refractivity contribution is -0.125. The number of amides is 2. The molecule has 148 valence electrons. The normalized spacial score (nSPS) is 16.7. The van der Waals surface area contributed by atoms with Gasteiger partial charge in [0.2, 0.25) is 11.8 Å². The predicted molar refractivity (Wildman–Crippen MR) is 107 cm³/mol. The van der Waals surface area contributed by atoms with Gasteiger partial charge in [-0.05, 0) is 24.5 Å². The van der Waals surface area contributed by atoms with Gasteiger partial charge in [0.25, 0.3) is 5.91 Å². The number of nitrogens with one attached hydrogen (secondary N) is 1. The van der Waals surface area contributed by atoms with E-state index in [-0.39, 0.29) is 23.8 Å². The Balaban J connectivity index is 1.61. The molecular weight excluding hydrogens is 354 g/mol. The lowest BCUT2D eigenvalue weighted by Gasteiger charge is -2.33. The molecule has 1 fully saturated rings. The number of nitrogens with zero attached hydrogens (tertiary/aromatic N) is 2. The van der Waals surface area contributed by atoms with E-state index in [0.29, 0.717) is 31.1 Å². The van der Waals surface area contributed by atoms with E-state index in [4.69, 9.17) is 4.74 Å². The van der Waals surface area contributed by atoms with E-state index in [1.807, 2.05) is 44.2 Å². The minimum Gasteiger partial charge on any atom is -0.473 e. The highest BCUT2D eigenvalue weighted by Crippen LogP contribution is 2.17. The van der Waals surface area contributed by atoms with Crippen LogP contribution in [-0.2, 0) is 11.4 Å². The maximum absolute atomic E-state index is 12.9. The number of rotatable bonds is 6. The SMILES string of the molecule is CC(C)C(=O)NC1CCCN(C(=O)c2ccnc(OCc3ccccc3)c2)C1. The Labute approximate surface area is 165 Å². The first kappa shape index (κ1) is 19.9. The van der Waals surface area contributed by atoms with Crippen LogP contribution in [0.25, 0.3) is 0 Å². The lowest BCUT2D eigenvalue weighted by atomic mass is 10.0. The molecule has 2 amide bonds. The number of hydrogen-bond donors (Lipinski definition) is 1. The minimum absolute atomic E-state index is 0.00300. The number of aromatic nitrogens is 1. The van der Waals surface area contributed by atoms with Crippen LogP contribution in [0, 0.1) is 5.92 Å². The van der Waals surface area contributed by atoms with Gasteiger partial charge in [-0.15, -0.1) is 0 Å². The van der Waals surface area contributed by atoms with Crippen molar-refractivity contribution < 1.29 is 14.3 Å². The zero-order valence-electron chi connectivity index (χ0n) is 16.4. The molecule has 1 aromatic carbocycles. The molecule has 0 radical (unpaired) electrons. The van der Waals surface area contributed by atoms with Crippen LogP contribution in [0.3, 0.4) is 0 Å². The highest BCUT2D eigenvalue weighted by atomic mass is 16.5. The molecule has 6 nitrogen and oxygen atoms in total. The van der Waals surface area contributed by atoms with Crippen molar-refractivity contribution in [3.05, 3.63) is 59.8 Å². The van der Waals surface area contributed by atoms with E-state index in [9.17, 15) is 9.59 Å². The third-order valence-corrected chi connectivity index (χ3v) is 4.79. The van der Waals surface area contributed by atoms with E-state index in [0.717, 1.165) is 18.4 Å². The minimum atomic E-state index is -0.0598. The van der Waals surface area contributed by atoms with E-state index < -0.39 is 0 Å². The van der Waals surface area contributed by atoms with Crippen LogP contribution in [0.2, 0.25) is 0 Å². The fourth-order valence-electron chi connectivity index (χ4n) is 3.18. The van der Waals surface area contributed by atoms with Gasteiger partial charge in [0.15, 0.2) is 0 Å². The average Bonchev–Trinajstić information content (AvgIpc) is 2.73. The van der Waals surface area contributed by atoms with Crippen LogP contribution in [0.5, 0.6) is 5.88 Å². The van der Waals surface area contributed by atoms with Gasteiger partial charge in [0.1, 0.15) is 6.61 Å². The van der Waals surface area contributed by atoms with Crippen LogP contribution < -0.4 is 10.1 Å². The summed E-state index contributed by atoms with van der Waals surface area (Å²) in [6.07, 6.45) is 3.36. The molecule has 2 heterocycles. The number of likely N-dealkylation sites (tertiary alicyclic amines) is 1. The highest BCUT2D eigenvalue weighted by Gasteiger charge is 2.26. The van der Waals surface area contributed by atoms with Gasteiger partial charge in [-0.2, -0.15) is 0 Å². The fourth-order valence-corrected chi connectivity index (χ4v) is 3.18. The second-order valence-corrected chi connectivity index (χ2v) is 7.41. The Kier molecular flexibility index (Phi) is 6.63. The number of piperidine rings is 1. The third kappa shape index (κ3) is 5.31. The van der Waals surface area contributed by atoms with Gasteiger partial charge in [0, 0.05) is 42.9 Å². The van der Waals surface area contributed by atoms with Crippen molar-refractivity contribution in [2.75, 3.05) is 13.1 Å². The standard InChI is InChI=1S/C22H27N3O3/c1-16(2)21(26)24-19-9-6-12-25(14-19)22(27)18-10-11-23-20(13-18)28-15-17-7-4-3-5-8-17/h3-5,7-8,10-11,13,16,19H,6,9,12,14-15H2,1-2H3,(H,24,26). The summed E-state index contributed by atoms with van der Waals surface area (Å²) in [5.41, 5.74) is 1.59. The molecular formula is C22H27N3O3. The molecule has 1 aliphatic heterocycles. The number of carbonyl (C=O) groups is 2. The van der Waals surface area contributed by atoms with Crippen LogP contribution in [0.4, 0.5) is 0 Å². The first-order chi connectivity index (χ1) is 13.5. The molecule has 3 rings (SSSR count). The summed E-state index contributed by atoms with van der Waals surface area (Å²) in [4.78, 5) is 30.9. The van der Waals surface area contributed by atoms with Crippen LogP contribution in [0.1, 0.15) is 42.6 Å². The van der Waals surface area contributed by atoms with E-state index in [2.05, 4.69) is 10.3 Å². The molecule has 1 N–H and O–H groups in total. The van der Waals surface area contributed by atoms with Gasteiger partial charge < -0.3 is 15.0 Å².